The van der Waals surface area contributed by atoms with Crippen molar-refractivity contribution in [3.8, 4) is 0 Å². The summed E-state index contributed by atoms with van der Waals surface area (Å²) in [5.41, 5.74) is 2.71. The van der Waals surface area contributed by atoms with Crippen molar-refractivity contribution < 1.29 is 18.0 Å². The zero-order valence-corrected chi connectivity index (χ0v) is 27.9. The number of sulfonamides is 1. The highest BCUT2D eigenvalue weighted by Gasteiger charge is 2.31. The van der Waals surface area contributed by atoms with Crippen LogP contribution in [0.2, 0.25) is 15.1 Å². The third-order valence-electron chi connectivity index (χ3n) is 6.95. The van der Waals surface area contributed by atoms with Gasteiger partial charge >= 0.3 is 0 Å². The summed E-state index contributed by atoms with van der Waals surface area (Å²) < 4.78 is 26.8. The van der Waals surface area contributed by atoms with E-state index in [1.54, 1.807) is 48.2 Å². The largest absolute Gasteiger partial charge is 0.354 e. The van der Waals surface area contributed by atoms with E-state index in [4.69, 9.17) is 34.8 Å². The summed E-state index contributed by atoms with van der Waals surface area (Å²) in [6, 6.07) is 18.9. The van der Waals surface area contributed by atoms with Crippen LogP contribution < -0.4 is 9.62 Å². The third-order valence-corrected chi connectivity index (χ3v) is 9.28. The highest BCUT2D eigenvalue weighted by atomic mass is 35.5. The standard InChI is InChI=1S/C32H38Cl3N3O4S/c1-22(2)20-36-32(40)30(19-24-10-6-5-7-11-24)37(21-25-15-16-27(34)28(35)18-25)31(39)14-9-17-38(43(4,41)42)29-13-8-12-26(33)23(29)3/h5-8,10-13,15-16,18,22,30H,9,14,17,19-21H2,1-4H3,(H,36,40)/t30-/m0/s1. The molecule has 0 heterocycles. The number of hydrogen-bond acceptors (Lipinski definition) is 4. The van der Waals surface area contributed by atoms with Crippen molar-refractivity contribution in [2.75, 3.05) is 23.7 Å². The van der Waals surface area contributed by atoms with Gasteiger partial charge in [0.15, 0.2) is 0 Å². The molecular weight excluding hydrogens is 629 g/mol. The van der Waals surface area contributed by atoms with Gasteiger partial charge in [0.2, 0.25) is 21.8 Å². The molecule has 3 aromatic carbocycles. The van der Waals surface area contributed by atoms with E-state index in [9.17, 15) is 18.0 Å². The monoisotopic (exact) mass is 665 g/mol. The van der Waals surface area contributed by atoms with Crippen LogP contribution in [-0.2, 0) is 32.6 Å². The molecule has 3 aromatic rings. The highest BCUT2D eigenvalue weighted by molar-refractivity contribution is 7.92. The smallest absolute Gasteiger partial charge is 0.243 e. The van der Waals surface area contributed by atoms with Crippen molar-refractivity contribution in [2.24, 2.45) is 5.92 Å². The second kappa shape index (κ2) is 15.8. The minimum Gasteiger partial charge on any atom is -0.354 e. The van der Waals surface area contributed by atoms with E-state index >= 15 is 0 Å². The number of amides is 2. The van der Waals surface area contributed by atoms with E-state index in [0.29, 0.717) is 44.8 Å². The number of benzene rings is 3. The van der Waals surface area contributed by atoms with Crippen LogP contribution in [-0.4, -0.2) is 50.5 Å². The Morgan fingerprint density at radius 1 is 0.884 bits per heavy atom. The predicted octanol–water partition coefficient (Wildman–Crippen LogP) is 6.91. The zero-order valence-electron chi connectivity index (χ0n) is 24.8. The Kier molecular flexibility index (Phi) is 12.8. The van der Waals surface area contributed by atoms with E-state index in [1.165, 1.54) is 4.31 Å². The normalized spacial score (nSPS) is 12.2. The Labute approximate surface area is 270 Å². The lowest BCUT2D eigenvalue weighted by molar-refractivity contribution is -0.141. The molecule has 0 saturated carbocycles. The fourth-order valence-electron chi connectivity index (χ4n) is 4.66. The van der Waals surface area contributed by atoms with Gasteiger partial charge in [0.1, 0.15) is 6.04 Å². The first-order valence-corrected chi connectivity index (χ1v) is 17.0. The number of nitrogens with one attached hydrogen (secondary N) is 1. The SMILES string of the molecule is Cc1c(Cl)cccc1N(CCCC(=O)N(Cc1ccc(Cl)c(Cl)c1)[C@@H](Cc1ccccc1)C(=O)NCC(C)C)S(C)(=O)=O. The number of hydrogen-bond donors (Lipinski definition) is 1. The quantitative estimate of drug-likeness (QED) is 0.203. The average Bonchev–Trinajstić information content (AvgIpc) is 2.95. The van der Waals surface area contributed by atoms with E-state index in [1.807, 2.05) is 44.2 Å². The molecule has 0 radical (unpaired) electrons. The summed E-state index contributed by atoms with van der Waals surface area (Å²) >= 11 is 18.7. The van der Waals surface area contributed by atoms with Crippen molar-refractivity contribution in [3.63, 3.8) is 0 Å². The molecule has 232 valence electrons. The van der Waals surface area contributed by atoms with E-state index < -0.39 is 16.1 Å². The van der Waals surface area contributed by atoms with Crippen molar-refractivity contribution in [2.45, 2.75) is 52.6 Å². The maximum absolute atomic E-state index is 14.0. The molecule has 43 heavy (non-hydrogen) atoms. The molecule has 0 unspecified atom stereocenters. The van der Waals surface area contributed by atoms with Crippen LogP contribution in [0.3, 0.4) is 0 Å². The molecule has 0 fully saturated rings. The van der Waals surface area contributed by atoms with Gasteiger partial charge in [-0.15, -0.1) is 0 Å². The molecule has 0 bridgehead atoms. The minimum atomic E-state index is -3.66. The molecular formula is C32H38Cl3N3O4S. The molecule has 0 aliphatic carbocycles. The summed E-state index contributed by atoms with van der Waals surface area (Å²) in [7, 11) is -3.66. The lowest BCUT2D eigenvalue weighted by Crippen LogP contribution is -2.51. The number of carbonyl (C=O) groups is 2. The summed E-state index contributed by atoms with van der Waals surface area (Å²) in [6.45, 7) is 6.40. The minimum absolute atomic E-state index is 0.00963. The van der Waals surface area contributed by atoms with Crippen LogP contribution in [0.1, 0.15) is 43.4 Å². The Hall–Kier alpha value is -2.78. The first-order valence-electron chi connectivity index (χ1n) is 14.1. The van der Waals surface area contributed by atoms with Gasteiger partial charge in [-0.1, -0.05) is 91.1 Å². The number of rotatable bonds is 14. The van der Waals surface area contributed by atoms with Crippen LogP contribution in [0.25, 0.3) is 0 Å². The third kappa shape index (κ3) is 10.1. The average molecular weight is 667 g/mol. The Bertz CT molecular complexity index is 1520. The van der Waals surface area contributed by atoms with Gasteiger partial charge in [-0.3, -0.25) is 13.9 Å². The molecule has 1 atom stereocenters. The summed E-state index contributed by atoms with van der Waals surface area (Å²) in [5.74, 6) is -0.335. The lowest BCUT2D eigenvalue weighted by Gasteiger charge is -2.32. The number of halogens is 3. The van der Waals surface area contributed by atoms with Crippen LogP contribution in [0.15, 0.2) is 66.7 Å². The fraction of sp³-hybridized carbons (Fsp3) is 0.375. The van der Waals surface area contributed by atoms with Gasteiger partial charge in [-0.05, 0) is 60.2 Å². The van der Waals surface area contributed by atoms with E-state index in [2.05, 4.69) is 5.32 Å². The summed E-state index contributed by atoms with van der Waals surface area (Å²) in [6.07, 6.45) is 1.66. The molecule has 0 spiro atoms. The maximum Gasteiger partial charge on any atom is 0.243 e. The van der Waals surface area contributed by atoms with Crippen molar-refractivity contribution in [3.05, 3.63) is 98.5 Å². The molecule has 11 heteroatoms. The zero-order chi connectivity index (χ0) is 31.7. The number of anilines is 1. The van der Waals surface area contributed by atoms with Gasteiger partial charge in [0, 0.05) is 37.5 Å². The van der Waals surface area contributed by atoms with Gasteiger partial charge in [-0.25, -0.2) is 8.42 Å². The molecule has 0 aliphatic rings. The van der Waals surface area contributed by atoms with E-state index in [0.717, 1.165) is 11.8 Å². The van der Waals surface area contributed by atoms with Crippen molar-refractivity contribution in [1.82, 2.24) is 10.2 Å². The van der Waals surface area contributed by atoms with Crippen LogP contribution in [0.4, 0.5) is 5.69 Å². The first kappa shape index (κ1) is 34.7. The maximum atomic E-state index is 14.0. The van der Waals surface area contributed by atoms with Crippen molar-refractivity contribution in [1.29, 1.82) is 0 Å². The van der Waals surface area contributed by atoms with Gasteiger partial charge < -0.3 is 10.2 Å². The van der Waals surface area contributed by atoms with Gasteiger partial charge in [-0.2, -0.15) is 0 Å². The Morgan fingerprint density at radius 2 is 1.58 bits per heavy atom. The van der Waals surface area contributed by atoms with Gasteiger partial charge in [0.05, 0.1) is 22.0 Å². The van der Waals surface area contributed by atoms with Gasteiger partial charge in [0.25, 0.3) is 0 Å². The van der Waals surface area contributed by atoms with E-state index in [-0.39, 0.29) is 43.7 Å². The van der Waals surface area contributed by atoms with Crippen LogP contribution in [0, 0.1) is 12.8 Å². The number of carbonyl (C=O) groups excluding carboxylic acids is 2. The highest BCUT2D eigenvalue weighted by Crippen LogP contribution is 2.29. The first-order chi connectivity index (χ1) is 20.3. The predicted molar refractivity (Wildman–Crippen MR) is 176 cm³/mol. The summed E-state index contributed by atoms with van der Waals surface area (Å²) in [4.78, 5) is 29.1. The second-order valence-electron chi connectivity index (χ2n) is 10.9. The molecule has 2 amide bonds. The molecule has 0 aliphatic heterocycles. The fourth-order valence-corrected chi connectivity index (χ4v) is 6.17. The molecule has 0 aromatic heterocycles. The topological polar surface area (TPSA) is 86.8 Å². The molecule has 0 saturated heterocycles. The second-order valence-corrected chi connectivity index (χ2v) is 14.1. The number of nitrogens with zero attached hydrogens (tertiary/aromatic N) is 2. The molecule has 3 rings (SSSR count). The Morgan fingerprint density at radius 3 is 2.21 bits per heavy atom. The van der Waals surface area contributed by atoms with Crippen LogP contribution in [0.5, 0.6) is 0 Å². The lowest BCUT2D eigenvalue weighted by atomic mass is 10.0. The molecule has 1 N–H and O–H groups in total. The molecule has 7 nitrogen and oxygen atoms in total. The summed E-state index contributed by atoms with van der Waals surface area (Å²) in [5, 5.41) is 4.17. The van der Waals surface area contributed by atoms with Crippen LogP contribution >= 0.6 is 34.8 Å². The Balaban J connectivity index is 1.92. The van der Waals surface area contributed by atoms with Crippen molar-refractivity contribution >= 4 is 62.3 Å².